The quantitative estimate of drug-likeness (QED) is 0.436. The minimum Gasteiger partial charge on any atom is -0.378 e. The fourth-order valence-corrected chi connectivity index (χ4v) is 4.41. The molecule has 200 valence electrons. The summed E-state index contributed by atoms with van der Waals surface area (Å²) in [4.78, 5) is 11.5. The van der Waals surface area contributed by atoms with Gasteiger partial charge in [-0.2, -0.15) is 15.2 Å². The average Bonchev–Trinajstić information content (AvgIpc) is 3.30. The topological polar surface area (TPSA) is 104 Å². The van der Waals surface area contributed by atoms with E-state index in [9.17, 15) is 4.39 Å². The monoisotopic (exact) mass is 511 g/mol. The SMILES string of the molecule is CCCC.CN=Nc1ccc(-c2ccn3nc(NC4CCN(C5COC5)CC4F)nc(NC)c23)nc1C. The van der Waals surface area contributed by atoms with E-state index in [2.05, 4.69) is 54.7 Å². The van der Waals surface area contributed by atoms with Crippen molar-refractivity contribution in [1.29, 1.82) is 0 Å². The first-order valence-electron chi connectivity index (χ1n) is 13.1. The van der Waals surface area contributed by atoms with Crippen LogP contribution in [0.5, 0.6) is 0 Å². The molecular formula is C26H38FN9O. The van der Waals surface area contributed by atoms with Gasteiger partial charge in [0.25, 0.3) is 0 Å². The molecule has 5 heterocycles. The van der Waals surface area contributed by atoms with E-state index >= 15 is 0 Å². The summed E-state index contributed by atoms with van der Waals surface area (Å²) in [6.07, 6.45) is 4.19. The van der Waals surface area contributed by atoms with Crippen molar-refractivity contribution in [3.63, 3.8) is 0 Å². The van der Waals surface area contributed by atoms with Gasteiger partial charge in [0.15, 0.2) is 5.82 Å². The summed E-state index contributed by atoms with van der Waals surface area (Å²) in [5, 5.41) is 18.9. The van der Waals surface area contributed by atoms with E-state index in [1.54, 1.807) is 11.6 Å². The second-order valence-corrected chi connectivity index (χ2v) is 9.40. The molecule has 0 spiro atoms. The van der Waals surface area contributed by atoms with Crippen molar-refractivity contribution in [2.75, 3.05) is 51.0 Å². The third-order valence-corrected chi connectivity index (χ3v) is 6.81. The van der Waals surface area contributed by atoms with Crippen molar-refractivity contribution in [2.24, 2.45) is 10.2 Å². The van der Waals surface area contributed by atoms with Crippen molar-refractivity contribution < 1.29 is 9.13 Å². The first kappa shape index (κ1) is 26.9. The molecule has 2 aliphatic rings. The van der Waals surface area contributed by atoms with Crippen molar-refractivity contribution in [2.45, 2.75) is 58.3 Å². The predicted octanol–water partition coefficient (Wildman–Crippen LogP) is 4.88. The molecule has 2 atom stereocenters. The summed E-state index contributed by atoms with van der Waals surface area (Å²) in [6, 6.07) is 5.78. The summed E-state index contributed by atoms with van der Waals surface area (Å²) in [6.45, 7) is 8.90. The predicted molar refractivity (Wildman–Crippen MR) is 145 cm³/mol. The molecule has 2 aliphatic heterocycles. The van der Waals surface area contributed by atoms with Crippen LogP contribution in [0.4, 0.5) is 21.8 Å². The van der Waals surface area contributed by atoms with Gasteiger partial charge in [0.05, 0.1) is 36.7 Å². The minimum atomic E-state index is -0.997. The molecule has 5 rings (SSSR count). The highest BCUT2D eigenvalue weighted by Gasteiger charge is 2.35. The number of pyridine rings is 1. The zero-order valence-corrected chi connectivity index (χ0v) is 22.4. The van der Waals surface area contributed by atoms with Gasteiger partial charge in [-0.3, -0.25) is 9.88 Å². The number of rotatable bonds is 7. The molecule has 0 aromatic carbocycles. The Kier molecular flexibility index (Phi) is 8.99. The number of halogens is 1. The number of anilines is 2. The van der Waals surface area contributed by atoms with Crippen LogP contribution in [0.2, 0.25) is 0 Å². The number of unbranched alkanes of at least 4 members (excludes halogenated alkanes) is 1. The van der Waals surface area contributed by atoms with Gasteiger partial charge in [-0.1, -0.05) is 26.7 Å². The van der Waals surface area contributed by atoms with Crippen LogP contribution in [0.15, 0.2) is 34.6 Å². The van der Waals surface area contributed by atoms with Crippen molar-refractivity contribution >= 4 is 23.0 Å². The lowest BCUT2D eigenvalue weighted by molar-refractivity contribution is -0.0794. The molecule has 0 amide bonds. The Morgan fingerprint density at radius 3 is 2.54 bits per heavy atom. The smallest absolute Gasteiger partial charge is 0.243 e. The van der Waals surface area contributed by atoms with Gasteiger partial charge >= 0.3 is 0 Å². The molecule has 0 radical (unpaired) electrons. The van der Waals surface area contributed by atoms with Gasteiger partial charge in [0.2, 0.25) is 5.95 Å². The summed E-state index contributed by atoms with van der Waals surface area (Å²) < 4.78 is 21.9. The summed E-state index contributed by atoms with van der Waals surface area (Å²) in [7, 11) is 3.44. The third-order valence-electron chi connectivity index (χ3n) is 6.81. The summed E-state index contributed by atoms with van der Waals surface area (Å²) >= 11 is 0. The van der Waals surface area contributed by atoms with E-state index in [1.807, 2.05) is 38.4 Å². The maximum Gasteiger partial charge on any atom is 0.243 e. The highest BCUT2D eigenvalue weighted by molar-refractivity contribution is 5.87. The number of ether oxygens (including phenoxy) is 1. The van der Waals surface area contributed by atoms with Crippen LogP contribution in [0.1, 0.15) is 38.8 Å². The van der Waals surface area contributed by atoms with Gasteiger partial charge in [0.1, 0.15) is 17.4 Å². The Morgan fingerprint density at radius 2 is 1.95 bits per heavy atom. The maximum absolute atomic E-state index is 14.9. The molecule has 11 heteroatoms. The number of azo groups is 1. The normalized spacial score (nSPS) is 20.5. The van der Waals surface area contributed by atoms with Crippen molar-refractivity contribution in [3.05, 3.63) is 30.1 Å². The van der Waals surface area contributed by atoms with Crippen LogP contribution in [-0.2, 0) is 4.74 Å². The fourth-order valence-electron chi connectivity index (χ4n) is 4.41. The molecule has 37 heavy (non-hydrogen) atoms. The fraction of sp³-hybridized carbons (Fsp3) is 0.577. The average molecular weight is 512 g/mol. The lowest BCUT2D eigenvalue weighted by Crippen LogP contribution is -2.57. The standard InChI is InChI=1S/C22H28FN9O.C4H10/c1-13-17(29-25-3)4-5-18(26-13)15-6-9-32-20(15)21(24-2)28-22(30-32)27-19-7-8-31(10-16(19)23)14-11-33-12-14;1-3-4-2/h4-6,9,14,16,19H,7-8,10-12H2,1-3H3,(H2,24,27,28,30);3-4H2,1-2H3. The van der Waals surface area contributed by atoms with Gasteiger partial charge < -0.3 is 15.4 Å². The second kappa shape index (κ2) is 12.4. The zero-order chi connectivity index (χ0) is 26.4. The van der Waals surface area contributed by atoms with Gasteiger partial charge in [-0.25, -0.2) is 8.91 Å². The molecule has 3 aromatic rings. The number of aryl methyl sites for hydroxylation is 1. The highest BCUT2D eigenvalue weighted by Crippen LogP contribution is 2.31. The molecule has 2 N–H and O–H groups in total. The number of nitrogens with zero attached hydrogens (tertiary/aromatic N) is 7. The molecule has 0 saturated carbocycles. The van der Waals surface area contributed by atoms with Crippen molar-refractivity contribution in [1.82, 2.24) is 24.5 Å². The number of likely N-dealkylation sites (tertiary alicyclic amines) is 1. The lowest BCUT2D eigenvalue weighted by atomic mass is 10.0. The second-order valence-electron chi connectivity index (χ2n) is 9.40. The van der Waals surface area contributed by atoms with Crippen LogP contribution in [0.3, 0.4) is 0 Å². The van der Waals surface area contributed by atoms with E-state index in [4.69, 9.17) is 4.74 Å². The largest absolute Gasteiger partial charge is 0.378 e. The van der Waals surface area contributed by atoms with E-state index in [0.717, 1.165) is 34.7 Å². The highest BCUT2D eigenvalue weighted by atomic mass is 19.1. The van der Waals surface area contributed by atoms with E-state index in [0.29, 0.717) is 44.0 Å². The Morgan fingerprint density at radius 1 is 1.16 bits per heavy atom. The Bertz CT molecular complexity index is 1210. The van der Waals surface area contributed by atoms with Crippen LogP contribution < -0.4 is 10.6 Å². The molecule has 2 unspecified atom stereocenters. The number of fused-ring (bicyclic) bond motifs is 1. The van der Waals surface area contributed by atoms with Gasteiger partial charge in [-0.05, 0) is 31.5 Å². The number of aromatic nitrogens is 4. The number of piperidine rings is 1. The van der Waals surface area contributed by atoms with Gasteiger partial charge in [-0.15, -0.1) is 5.10 Å². The van der Waals surface area contributed by atoms with Crippen LogP contribution in [0.25, 0.3) is 16.8 Å². The molecule has 0 bridgehead atoms. The zero-order valence-electron chi connectivity index (χ0n) is 22.4. The van der Waals surface area contributed by atoms with Crippen molar-refractivity contribution in [3.8, 4) is 11.3 Å². The maximum atomic E-state index is 14.9. The van der Waals surface area contributed by atoms with Crippen LogP contribution in [0, 0.1) is 6.92 Å². The Balaban J connectivity index is 0.000000747. The summed E-state index contributed by atoms with van der Waals surface area (Å²) in [5.74, 6) is 1.04. The van der Waals surface area contributed by atoms with E-state index in [1.165, 1.54) is 12.8 Å². The number of nitrogens with one attached hydrogen (secondary N) is 2. The third kappa shape index (κ3) is 6.04. The molecule has 2 saturated heterocycles. The molecule has 2 fully saturated rings. The first-order valence-corrected chi connectivity index (χ1v) is 13.1. The van der Waals surface area contributed by atoms with E-state index in [-0.39, 0.29) is 6.04 Å². The molecule has 3 aromatic heterocycles. The van der Waals surface area contributed by atoms with E-state index < -0.39 is 6.17 Å². The molecular weight excluding hydrogens is 473 g/mol. The number of alkyl halides is 1. The number of hydrogen-bond acceptors (Lipinski definition) is 9. The lowest BCUT2D eigenvalue weighted by Gasteiger charge is -2.42. The van der Waals surface area contributed by atoms with Gasteiger partial charge in [0, 0.05) is 38.9 Å². The first-order chi connectivity index (χ1) is 18.0. The Labute approximate surface area is 217 Å². The summed E-state index contributed by atoms with van der Waals surface area (Å²) in [5.41, 5.74) is 4.02. The van der Waals surface area contributed by atoms with Crippen LogP contribution in [-0.4, -0.2) is 83.1 Å². The van der Waals surface area contributed by atoms with Crippen LogP contribution >= 0.6 is 0 Å². The minimum absolute atomic E-state index is 0.330. The number of hydrogen-bond donors (Lipinski definition) is 2. The molecule has 0 aliphatic carbocycles. The molecule has 10 nitrogen and oxygen atoms in total. The Hall–Kier alpha value is -3.18.